The van der Waals surface area contributed by atoms with Crippen LogP contribution in [0.25, 0.3) is 10.9 Å². The largest absolute Gasteiger partial charge is 0.465 e. The molecule has 3 rings (SSSR count). The molecule has 27 heavy (non-hydrogen) atoms. The van der Waals surface area contributed by atoms with Gasteiger partial charge in [-0.05, 0) is 36.4 Å². The van der Waals surface area contributed by atoms with Gasteiger partial charge in [0.15, 0.2) is 0 Å². The number of nitrogens with one attached hydrogen (secondary N) is 4. The monoisotopic (exact) mass is 366 g/mol. The van der Waals surface area contributed by atoms with Gasteiger partial charge in [-0.1, -0.05) is 6.07 Å². The van der Waals surface area contributed by atoms with Gasteiger partial charge in [-0.15, -0.1) is 0 Å². The van der Waals surface area contributed by atoms with E-state index in [1.165, 1.54) is 14.0 Å². The minimum atomic E-state index is -0.494. The number of urea groups is 1. The first kappa shape index (κ1) is 18.0. The molecule has 3 amide bonds. The molecule has 1 aromatic heterocycles. The number of aromatic nitrogens is 1. The van der Waals surface area contributed by atoms with Crippen LogP contribution in [0.5, 0.6) is 0 Å². The fraction of sp³-hybridized carbons (Fsp3) is 0.105. The standard InChI is InChI=1S/C19H18N4O4/c1-11(24)21-12-4-3-5-13(8-12)22-19(26)23-14-9-16(18(25)27-2)15-6-7-20-17(15)10-14/h3-10,20H,1-2H3,(H,21,24)(H2,22,23,26). The van der Waals surface area contributed by atoms with E-state index in [9.17, 15) is 14.4 Å². The minimum Gasteiger partial charge on any atom is -0.465 e. The predicted molar refractivity (Wildman–Crippen MR) is 103 cm³/mol. The number of benzene rings is 2. The number of amides is 3. The molecule has 8 nitrogen and oxygen atoms in total. The molecule has 0 saturated carbocycles. The van der Waals surface area contributed by atoms with Gasteiger partial charge in [-0.25, -0.2) is 9.59 Å². The Morgan fingerprint density at radius 1 is 0.926 bits per heavy atom. The highest BCUT2D eigenvalue weighted by Gasteiger charge is 2.14. The first-order valence-electron chi connectivity index (χ1n) is 8.11. The molecule has 0 atom stereocenters. The molecule has 8 heteroatoms. The van der Waals surface area contributed by atoms with Crippen LogP contribution in [0.2, 0.25) is 0 Å². The van der Waals surface area contributed by atoms with E-state index in [0.29, 0.717) is 33.5 Å². The molecular weight excluding hydrogens is 348 g/mol. The van der Waals surface area contributed by atoms with Crippen molar-refractivity contribution in [3.63, 3.8) is 0 Å². The van der Waals surface area contributed by atoms with Gasteiger partial charge in [0.1, 0.15) is 0 Å². The van der Waals surface area contributed by atoms with Gasteiger partial charge in [-0.2, -0.15) is 0 Å². The van der Waals surface area contributed by atoms with Crippen LogP contribution < -0.4 is 16.0 Å². The highest BCUT2D eigenvalue weighted by atomic mass is 16.5. The normalized spacial score (nSPS) is 10.3. The molecule has 0 bridgehead atoms. The lowest BCUT2D eigenvalue weighted by atomic mass is 10.1. The van der Waals surface area contributed by atoms with Crippen molar-refractivity contribution in [1.82, 2.24) is 4.98 Å². The Bertz CT molecular complexity index is 1030. The fourth-order valence-electron chi connectivity index (χ4n) is 2.69. The summed E-state index contributed by atoms with van der Waals surface area (Å²) >= 11 is 0. The Kier molecular flexibility index (Phi) is 5.07. The van der Waals surface area contributed by atoms with Gasteiger partial charge in [0, 0.05) is 41.1 Å². The molecule has 0 aliphatic heterocycles. The summed E-state index contributed by atoms with van der Waals surface area (Å²) in [6.07, 6.45) is 1.70. The minimum absolute atomic E-state index is 0.203. The van der Waals surface area contributed by atoms with E-state index in [1.54, 1.807) is 48.7 Å². The molecular formula is C19H18N4O4. The lowest BCUT2D eigenvalue weighted by Gasteiger charge is -2.11. The summed E-state index contributed by atoms with van der Waals surface area (Å²) in [5, 5.41) is 8.72. The highest BCUT2D eigenvalue weighted by molar-refractivity contribution is 6.07. The molecule has 0 aliphatic rings. The summed E-state index contributed by atoms with van der Waals surface area (Å²) in [6, 6.07) is 11.3. The number of methoxy groups -OCH3 is 1. The van der Waals surface area contributed by atoms with Gasteiger partial charge in [-0.3, -0.25) is 4.79 Å². The topological polar surface area (TPSA) is 112 Å². The third-order valence-corrected chi connectivity index (χ3v) is 3.77. The summed E-state index contributed by atoms with van der Waals surface area (Å²) in [5.74, 6) is -0.696. The predicted octanol–water partition coefficient (Wildman–Crippen LogP) is 3.56. The van der Waals surface area contributed by atoms with E-state index < -0.39 is 12.0 Å². The van der Waals surface area contributed by atoms with E-state index in [2.05, 4.69) is 20.9 Å². The number of fused-ring (bicyclic) bond motifs is 1. The van der Waals surface area contributed by atoms with Crippen LogP contribution in [0.4, 0.5) is 21.9 Å². The molecule has 1 heterocycles. The molecule has 0 spiro atoms. The van der Waals surface area contributed by atoms with Crippen molar-refractivity contribution in [2.45, 2.75) is 6.92 Å². The number of carbonyl (C=O) groups excluding carboxylic acids is 3. The molecule has 2 aromatic carbocycles. The van der Waals surface area contributed by atoms with Crippen LogP contribution in [-0.4, -0.2) is 30.0 Å². The van der Waals surface area contributed by atoms with E-state index in [0.717, 1.165) is 0 Å². The van der Waals surface area contributed by atoms with Crippen molar-refractivity contribution >= 4 is 45.9 Å². The van der Waals surface area contributed by atoms with Crippen LogP contribution in [0.1, 0.15) is 17.3 Å². The first-order valence-corrected chi connectivity index (χ1v) is 8.11. The van der Waals surface area contributed by atoms with Gasteiger partial charge in [0.05, 0.1) is 12.7 Å². The number of aromatic amines is 1. The third kappa shape index (κ3) is 4.24. The maximum absolute atomic E-state index is 12.3. The van der Waals surface area contributed by atoms with Crippen LogP contribution >= 0.6 is 0 Å². The van der Waals surface area contributed by atoms with Crippen LogP contribution in [0.3, 0.4) is 0 Å². The van der Waals surface area contributed by atoms with Crippen molar-refractivity contribution < 1.29 is 19.1 Å². The average Bonchev–Trinajstić information content (AvgIpc) is 3.08. The quantitative estimate of drug-likeness (QED) is 0.529. The Balaban J connectivity index is 1.78. The third-order valence-electron chi connectivity index (χ3n) is 3.77. The second-order valence-electron chi connectivity index (χ2n) is 5.80. The summed E-state index contributed by atoms with van der Waals surface area (Å²) in [7, 11) is 1.30. The van der Waals surface area contributed by atoms with Gasteiger partial charge >= 0.3 is 12.0 Å². The number of esters is 1. The van der Waals surface area contributed by atoms with E-state index in [1.807, 2.05) is 0 Å². The molecule has 0 saturated heterocycles. The molecule has 0 fully saturated rings. The van der Waals surface area contributed by atoms with Crippen LogP contribution in [-0.2, 0) is 9.53 Å². The molecule has 138 valence electrons. The molecule has 0 radical (unpaired) electrons. The van der Waals surface area contributed by atoms with Crippen LogP contribution in [0, 0.1) is 0 Å². The summed E-state index contributed by atoms with van der Waals surface area (Å²) in [5.41, 5.74) is 2.55. The Hall–Kier alpha value is -3.81. The number of anilines is 3. The number of hydrogen-bond acceptors (Lipinski definition) is 4. The van der Waals surface area contributed by atoms with Crippen molar-refractivity contribution in [3.05, 3.63) is 54.2 Å². The van der Waals surface area contributed by atoms with Crippen molar-refractivity contribution in [3.8, 4) is 0 Å². The van der Waals surface area contributed by atoms with Gasteiger partial charge in [0.25, 0.3) is 0 Å². The van der Waals surface area contributed by atoms with Gasteiger partial charge < -0.3 is 25.7 Å². The molecule has 4 N–H and O–H groups in total. The number of carbonyl (C=O) groups is 3. The maximum atomic E-state index is 12.3. The smallest absolute Gasteiger partial charge is 0.338 e. The first-order chi connectivity index (χ1) is 13.0. The zero-order chi connectivity index (χ0) is 19.4. The fourth-order valence-corrected chi connectivity index (χ4v) is 2.69. The van der Waals surface area contributed by atoms with Crippen molar-refractivity contribution in [2.75, 3.05) is 23.1 Å². The Labute approximate surface area is 154 Å². The van der Waals surface area contributed by atoms with Crippen LogP contribution in [0.15, 0.2) is 48.7 Å². The number of rotatable bonds is 4. The van der Waals surface area contributed by atoms with E-state index >= 15 is 0 Å². The lowest BCUT2D eigenvalue weighted by Crippen LogP contribution is -2.20. The van der Waals surface area contributed by atoms with E-state index in [4.69, 9.17) is 4.74 Å². The number of H-pyrrole nitrogens is 1. The lowest BCUT2D eigenvalue weighted by molar-refractivity contribution is -0.114. The summed E-state index contributed by atoms with van der Waals surface area (Å²) in [4.78, 5) is 38.4. The zero-order valence-corrected chi connectivity index (χ0v) is 14.8. The average molecular weight is 366 g/mol. The van der Waals surface area contributed by atoms with Crippen molar-refractivity contribution in [1.29, 1.82) is 0 Å². The van der Waals surface area contributed by atoms with Crippen molar-refractivity contribution in [2.24, 2.45) is 0 Å². The SMILES string of the molecule is COC(=O)c1cc(NC(=O)Nc2cccc(NC(C)=O)c2)cc2[nH]ccc12. The second-order valence-corrected chi connectivity index (χ2v) is 5.80. The van der Waals surface area contributed by atoms with Gasteiger partial charge in [0.2, 0.25) is 5.91 Å². The Morgan fingerprint density at radius 2 is 1.63 bits per heavy atom. The second kappa shape index (κ2) is 7.61. The molecule has 0 aliphatic carbocycles. The highest BCUT2D eigenvalue weighted by Crippen LogP contribution is 2.24. The zero-order valence-electron chi connectivity index (χ0n) is 14.8. The molecule has 3 aromatic rings. The maximum Gasteiger partial charge on any atom is 0.338 e. The number of hydrogen-bond donors (Lipinski definition) is 4. The van der Waals surface area contributed by atoms with E-state index in [-0.39, 0.29) is 5.91 Å². The number of ether oxygens (including phenoxy) is 1. The summed E-state index contributed by atoms with van der Waals surface area (Å²) in [6.45, 7) is 1.41. The Morgan fingerprint density at radius 3 is 2.33 bits per heavy atom. The summed E-state index contributed by atoms with van der Waals surface area (Å²) < 4.78 is 4.80. The molecule has 0 unspecified atom stereocenters.